The zero-order valence-electron chi connectivity index (χ0n) is 74.8. The highest BCUT2D eigenvalue weighted by Gasteiger charge is 2.34. The predicted octanol–water partition coefficient (Wildman–Crippen LogP) is 15.0. The molecule has 0 radical (unpaired) electrons. The summed E-state index contributed by atoms with van der Waals surface area (Å²) in [6, 6.07) is 14.1. The number of aromatic nitrogens is 4. The van der Waals surface area contributed by atoms with Crippen molar-refractivity contribution in [2.45, 2.75) is 134 Å². The van der Waals surface area contributed by atoms with Crippen LogP contribution in [0.4, 0.5) is 35.1 Å². The summed E-state index contributed by atoms with van der Waals surface area (Å²) in [6.45, 7) is -6.41. The third-order valence-corrected chi connectivity index (χ3v) is 17.2. The van der Waals surface area contributed by atoms with Gasteiger partial charge in [0.2, 0.25) is 11.8 Å². The van der Waals surface area contributed by atoms with E-state index in [9.17, 15) is 54.3 Å². The van der Waals surface area contributed by atoms with Crippen molar-refractivity contribution in [3.8, 4) is 22.3 Å². The first-order valence-electron chi connectivity index (χ1n) is 40.9. The maximum absolute atomic E-state index is 14.6. The smallest absolute Gasteiger partial charge is 0.336 e. The van der Waals surface area contributed by atoms with E-state index in [0.29, 0.717) is 52.6 Å². The van der Waals surface area contributed by atoms with Crippen molar-refractivity contribution in [1.82, 2.24) is 38.7 Å². The summed E-state index contributed by atoms with van der Waals surface area (Å²) in [7, 11) is 0. The number of halogens is 8. The van der Waals surface area contributed by atoms with Crippen molar-refractivity contribution >= 4 is 35.3 Å². The topological polar surface area (TPSA) is 117 Å². The van der Waals surface area contributed by atoms with Gasteiger partial charge < -0.3 is 28.7 Å². The number of amides is 2. The van der Waals surface area contributed by atoms with Crippen LogP contribution >= 0.6 is 23.5 Å². The van der Waals surface area contributed by atoms with E-state index < -0.39 is 217 Å². The Morgan fingerprint density at radius 2 is 1.07 bits per heavy atom. The van der Waals surface area contributed by atoms with Gasteiger partial charge in [0, 0.05) is 93.8 Å². The van der Waals surface area contributed by atoms with Crippen LogP contribution < -0.4 is 11.1 Å². The summed E-state index contributed by atoms with van der Waals surface area (Å²) < 4.78 is 299. The van der Waals surface area contributed by atoms with Gasteiger partial charge in [-0.15, -0.1) is 0 Å². The van der Waals surface area contributed by atoms with E-state index in [-0.39, 0.29) is 53.2 Å². The maximum atomic E-state index is 14.6. The Hall–Kier alpha value is -7.92. The first kappa shape index (κ1) is 47.9. The van der Waals surface area contributed by atoms with Gasteiger partial charge in [0.1, 0.15) is 24.7 Å². The average molecular weight is 1380 g/mol. The molecule has 2 amide bonds. The molecule has 22 heteroatoms. The molecular formula is C74H80F8N8O4S2. The standard InChI is InChI=1S/2C37H40F4N4O2S/c1-4-43(5-2)18-19-44(22-26-6-10-28(11-7-26)29-12-14-30(15-13-29)37(39,40)41)34(46)23-45-33-21-25(3)20-32(33)35(47)42-36(45)48-24-27-8-16-31(38)17-9-27;1-4-43(5-2)19-20-44(22-26-9-13-28(14-10-26)29-15-18-32(25(3)21-29)37(39,40)41)34(46)23-45-33-8-6-7-31(33)35(47)42-36(45)48-24-27-11-16-30(38)17-12-27/h6-17,25H,4-5,18-24H2,1-3H3;9-18,21H,4-8,19-20,22-24H2,1-3H3/i4D2,5D2,20D2,21D2,25D;4D2,5D2,9D,10D,13D,14D,15D,18D,21D,24D2. The molecule has 6 aromatic carbocycles. The molecule has 0 saturated heterocycles. The van der Waals surface area contributed by atoms with Crippen LogP contribution in [0.2, 0.25) is 0 Å². The van der Waals surface area contributed by atoms with E-state index in [1.807, 2.05) is 0 Å². The Labute approximate surface area is 594 Å². The van der Waals surface area contributed by atoms with Gasteiger partial charge in [0.25, 0.3) is 11.1 Å². The lowest BCUT2D eigenvalue weighted by Gasteiger charge is -2.28. The largest absolute Gasteiger partial charge is 0.416 e. The molecule has 12 nitrogen and oxygen atoms in total. The van der Waals surface area contributed by atoms with Gasteiger partial charge in [0.05, 0.1) is 20.7 Å². The van der Waals surface area contributed by atoms with Gasteiger partial charge in [0.15, 0.2) is 10.3 Å². The van der Waals surface area contributed by atoms with Crippen molar-refractivity contribution in [2.24, 2.45) is 5.89 Å². The number of carbonyl (C=O) groups is 2. The summed E-state index contributed by atoms with van der Waals surface area (Å²) >= 11 is 1.39. The van der Waals surface area contributed by atoms with Crippen LogP contribution in [0.15, 0.2) is 159 Å². The van der Waals surface area contributed by atoms with Crippen LogP contribution in [0.5, 0.6) is 0 Å². The van der Waals surface area contributed by atoms with Gasteiger partial charge in [-0.25, -0.2) is 8.78 Å². The van der Waals surface area contributed by atoms with Crippen LogP contribution in [-0.4, -0.2) is 103 Å². The van der Waals surface area contributed by atoms with E-state index in [2.05, 4.69) is 9.97 Å². The quantitative estimate of drug-likeness (QED) is 0.0295. The van der Waals surface area contributed by atoms with Crippen molar-refractivity contribution in [3.63, 3.8) is 0 Å². The molecule has 10 rings (SSSR count). The number of likely N-dealkylation sites (N-methyl/N-ethyl adjacent to an activating group) is 2. The first-order valence-corrected chi connectivity index (χ1v) is 31.7. The molecule has 96 heavy (non-hydrogen) atoms. The number of nitrogens with zero attached hydrogens (tertiary/aromatic N) is 8. The SMILES string of the molecule is [2H]C([2H])(C)N(CCN(Cc1ccc(-c2ccc(C(F)(F)F)cc2)cc1)C(=O)Cn1c(SCc2ccc(F)cc2)nc(=O)c2c1C([2H])([2H])C([2H])(C)C2([2H])[2H])C([2H])([2H])C.[2H]c1c([2H])c(-c2c([2H])c([2H])c(C(F)(F)F)c(C)c2[2H])c([2H])c([2H])c1CN(CCN(C([2H])([2H])C)C([2H])([2H])C)C(=O)Cn1c(SC([2H])([2H])c2ccc(F)cc2)nc(=O)c2c1CCC2. The number of alkyl halides is 6. The van der Waals surface area contributed by atoms with E-state index in [0.717, 1.165) is 96.8 Å². The lowest BCUT2D eigenvalue weighted by Crippen LogP contribution is -2.40. The molecule has 508 valence electrons. The highest BCUT2D eigenvalue weighted by molar-refractivity contribution is 7.98. The Kier molecular flexibility index (Phi) is 16.4. The molecule has 1 atom stereocenters. The van der Waals surface area contributed by atoms with E-state index >= 15 is 0 Å². The molecule has 1 unspecified atom stereocenters. The summed E-state index contributed by atoms with van der Waals surface area (Å²) in [5.41, 5.74) is -7.56. The number of hydrogen-bond donors (Lipinski definition) is 0. The number of fused-ring (bicyclic) bond motifs is 2. The third kappa shape index (κ3) is 19.0. The van der Waals surface area contributed by atoms with Crippen molar-refractivity contribution in [3.05, 3.63) is 233 Å². The fraction of sp³-hybridized carbons (Fsp3) is 0.378. The molecule has 0 bridgehead atoms. The minimum Gasteiger partial charge on any atom is -0.336 e. The van der Waals surface area contributed by atoms with E-state index in [1.165, 1.54) is 58.0 Å². The Balaban J connectivity index is 0.000000270. The molecule has 2 heterocycles. The zero-order valence-corrected chi connectivity index (χ0v) is 54.4. The molecule has 8 aromatic rings. The fourth-order valence-electron chi connectivity index (χ4n) is 10.3. The number of hydrogen-bond acceptors (Lipinski definition) is 10. The molecular weight excluding hydrogens is 1280 g/mol. The summed E-state index contributed by atoms with van der Waals surface area (Å²) in [5, 5.41) is -0.401. The normalized spacial score (nSPS) is 19.5. The monoisotopic (exact) mass is 1380 g/mol. The van der Waals surface area contributed by atoms with E-state index in [1.54, 1.807) is 24.3 Å². The highest BCUT2D eigenvalue weighted by Crippen LogP contribution is 2.36. The van der Waals surface area contributed by atoms with Gasteiger partial charge in [-0.2, -0.15) is 36.3 Å². The second-order valence-electron chi connectivity index (χ2n) is 21.8. The van der Waals surface area contributed by atoms with Crippen LogP contribution in [-0.2, 0) is 85.2 Å². The Bertz CT molecular complexity index is 5160. The third-order valence-electron chi connectivity index (χ3n) is 15.3. The number of thioether (sulfide) groups is 2. The molecule has 2 aromatic heterocycles. The Morgan fingerprint density at radius 3 is 1.61 bits per heavy atom. The molecule has 0 spiro atoms. The highest BCUT2D eigenvalue weighted by atomic mass is 32.2. The second kappa shape index (κ2) is 32.9. The lowest BCUT2D eigenvalue weighted by molar-refractivity contribution is -0.138. The number of benzene rings is 6. The maximum Gasteiger partial charge on any atom is 0.416 e. The number of carbonyl (C=O) groups excluding carboxylic acids is 2. The number of rotatable bonds is 26. The fourth-order valence-corrected chi connectivity index (χ4v) is 12.0. The summed E-state index contributed by atoms with van der Waals surface area (Å²) in [6.07, 6.45) is -14.2. The minimum absolute atomic E-state index is 0.0168. The van der Waals surface area contributed by atoms with Gasteiger partial charge >= 0.3 is 12.4 Å². The van der Waals surface area contributed by atoms with Gasteiger partial charge in [-0.05, 0) is 163 Å². The van der Waals surface area contributed by atoms with E-state index in [4.69, 9.17) is 30.2 Å². The van der Waals surface area contributed by atoms with Crippen LogP contribution in [0.1, 0.15) is 133 Å². The zero-order chi connectivity index (χ0) is 88.4. The molecule has 2 aliphatic rings. The summed E-state index contributed by atoms with van der Waals surface area (Å²) in [4.78, 5) is 67.8. The summed E-state index contributed by atoms with van der Waals surface area (Å²) in [5.74, 6) is -5.16. The molecule has 2 aliphatic carbocycles. The lowest BCUT2D eigenvalue weighted by atomic mass is 9.98. The molecule has 0 N–H and O–H groups in total. The van der Waals surface area contributed by atoms with Crippen molar-refractivity contribution < 1.29 is 74.9 Å². The minimum atomic E-state index is -5.12. The first-order chi connectivity index (χ1) is 54.1. The molecule has 0 saturated carbocycles. The van der Waals surface area contributed by atoms with Crippen LogP contribution in [0.3, 0.4) is 0 Å². The molecule has 0 fully saturated rings. The van der Waals surface area contributed by atoms with Crippen molar-refractivity contribution in [1.29, 1.82) is 0 Å². The Morgan fingerprint density at radius 1 is 0.583 bits per heavy atom. The van der Waals surface area contributed by atoms with Crippen LogP contribution in [0.25, 0.3) is 22.3 Å². The van der Waals surface area contributed by atoms with Crippen LogP contribution in [0, 0.1) is 24.5 Å². The average Bonchev–Trinajstić information content (AvgIpc) is 1.52. The second-order valence-corrected chi connectivity index (χ2v) is 23.5. The van der Waals surface area contributed by atoms with Gasteiger partial charge in [-0.3, -0.25) is 19.2 Å². The predicted molar refractivity (Wildman–Crippen MR) is 362 cm³/mol. The van der Waals surface area contributed by atoms with Gasteiger partial charge in [-0.1, -0.05) is 155 Å². The van der Waals surface area contributed by atoms with Crippen molar-refractivity contribution in [2.75, 3.05) is 52.2 Å². The molecule has 0 aliphatic heterocycles.